The van der Waals surface area contributed by atoms with Gasteiger partial charge in [-0.25, -0.2) is 0 Å². The van der Waals surface area contributed by atoms with Gasteiger partial charge in [0.2, 0.25) is 0 Å². The molecule has 0 bridgehead atoms. The molecule has 1 aromatic heterocycles. The number of alkyl halides is 1. The van der Waals surface area contributed by atoms with Crippen molar-refractivity contribution < 1.29 is 4.74 Å². The fourth-order valence-corrected chi connectivity index (χ4v) is 2.80. The molecule has 0 radical (unpaired) electrons. The van der Waals surface area contributed by atoms with Gasteiger partial charge in [-0.15, -0.1) is 24.2 Å². The minimum Gasteiger partial charge on any atom is -0.487 e. The second-order valence-electron chi connectivity index (χ2n) is 2.94. The molecule has 2 aromatic rings. The summed E-state index contributed by atoms with van der Waals surface area (Å²) in [5.41, 5.74) is 1.09. The van der Waals surface area contributed by atoms with Crippen molar-refractivity contribution in [3.63, 3.8) is 0 Å². The van der Waals surface area contributed by atoms with Crippen LogP contribution in [0, 0.1) is 0 Å². The van der Waals surface area contributed by atoms with E-state index in [1.54, 1.807) is 18.4 Å². The van der Waals surface area contributed by atoms with Gasteiger partial charge in [0, 0.05) is 10.8 Å². The van der Waals surface area contributed by atoms with Gasteiger partial charge in [-0.3, -0.25) is 0 Å². The van der Waals surface area contributed by atoms with Gasteiger partial charge in [-0.05, 0) is 29.1 Å². The maximum atomic E-state index is 5.78. The first-order valence-electron chi connectivity index (χ1n) is 4.10. The van der Waals surface area contributed by atoms with Crippen molar-refractivity contribution >= 4 is 45.7 Å². The molecule has 1 nitrogen and oxygen atoms in total. The second-order valence-corrected chi connectivity index (χ2v) is 4.70. The van der Waals surface area contributed by atoms with Crippen LogP contribution in [0.4, 0.5) is 0 Å². The molecule has 0 aliphatic rings. The lowest BCUT2D eigenvalue weighted by Crippen LogP contribution is -1.77. The number of benzene rings is 1. The summed E-state index contributed by atoms with van der Waals surface area (Å²) in [6.45, 7) is 0. The molecular formula is C10H9ClOS2. The van der Waals surface area contributed by atoms with E-state index in [1.807, 2.05) is 12.1 Å². The van der Waals surface area contributed by atoms with Gasteiger partial charge >= 0.3 is 0 Å². The molecule has 0 saturated heterocycles. The zero-order valence-corrected chi connectivity index (χ0v) is 10.0. The summed E-state index contributed by atoms with van der Waals surface area (Å²) in [5.74, 6) is 0.516. The van der Waals surface area contributed by atoms with Crippen LogP contribution in [0.15, 0.2) is 23.1 Å². The molecule has 4 heteroatoms. The quantitative estimate of drug-likeness (QED) is 0.622. The molecule has 0 unspecified atom stereocenters. The maximum Gasteiger partial charge on any atom is 0.174 e. The Morgan fingerprint density at radius 2 is 2.21 bits per heavy atom. The highest BCUT2D eigenvalue weighted by Gasteiger charge is 2.06. The van der Waals surface area contributed by atoms with Crippen LogP contribution in [0.2, 0.25) is 0 Å². The Labute approximate surface area is 97.1 Å². The van der Waals surface area contributed by atoms with Crippen molar-refractivity contribution in [1.82, 2.24) is 0 Å². The van der Waals surface area contributed by atoms with Gasteiger partial charge in [0.05, 0.1) is 11.8 Å². The number of thiophene rings is 1. The first kappa shape index (κ1) is 10.1. The predicted octanol–water partition coefficient (Wildman–Crippen LogP) is 3.94. The summed E-state index contributed by atoms with van der Waals surface area (Å²) in [7, 11) is 1.67. The average Bonchev–Trinajstić information content (AvgIpc) is 2.61. The van der Waals surface area contributed by atoms with E-state index in [1.165, 1.54) is 0 Å². The largest absolute Gasteiger partial charge is 0.487 e. The Hall–Kier alpha value is -0.380. The number of ether oxygens (including phenoxy) is 1. The van der Waals surface area contributed by atoms with E-state index in [4.69, 9.17) is 16.3 Å². The Bertz CT molecular complexity index is 464. The monoisotopic (exact) mass is 244 g/mol. The lowest BCUT2D eigenvalue weighted by molar-refractivity contribution is 0.427. The number of hydrogen-bond acceptors (Lipinski definition) is 3. The maximum absolute atomic E-state index is 5.78. The number of halogens is 1. The van der Waals surface area contributed by atoms with Crippen LogP contribution in [0.5, 0.6) is 5.06 Å². The van der Waals surface area contributed by atoms with E-state index >= 15 is 0 Å². The number of hydrogen-bond donors (Lipinski definition) is 1. The first-order chi connectivity index (χ1) is 6.74. The summed E-state index contributed by atoms with van der Waals surface area (Å²) in [4.78, 5) is 0.964. The fourth-order valence-electron chi connectivity index (χ4n) is 1.35. The van der Waals surface area contributed by atoms with Gasteiger partial charge in [0.1, 0.15) is 0 Å². The van der Waals surface area contributed by atoms with E-state index in [9.17, 15) is 0 Å². The molecule has 0 saturated carbocycles. The van der Waals surface area contributed by atoms with Crippen LogP contribution >= 0.6 is 35.6 Å². The molecule has 1 heterocycles. The molecule has 0 fully saturated rings. The third-order valence-electron chi connectivity index (χ3n) is 1.99. The minimum atomic E-state index is 0.516. The molecule has 0 aliphatic heterocycles. The van der Waals surface area contributed by atoms with Crippen molar-refractivity contribution in [2.45, 2.75) is 10.8 Å². The van der Waals surface area contributed by atoms with Crippen molar-refractivity contribution in [2.24, 2.45) is 0 Å². The summed E-state index contributed by atoms with van der Waals surface area (Å²) in [6, 6.07) is 6.07. The van der Waals surface area contributed by atoms with E-state index < -0.39 is 0 Å². The molecule has 14 heavy (non-hydrogen) atoms. The second kappa shape index (κ2) is 4.01. The molecule has 0 atom stereocenters. The highest BCUT2D eigenvalue weighted by molar-refractivity contribution is 7.80. The Morgan fingerprint density at radius 1 is 1.43 bits per heavy atom. The van der Waals surface area contributed by atoms with Crippen LogP contribution < -0.4 is 4.74 Å². The van der Waals surface area contributed by atoms with Gasteiger partial charge < -0.3 is 4.74 Å². The van der Waals surface area contributed by atoms with Crippen molar-refractivity contribution in [1.29, 1.82) is 0 Å². The molecule has 74 valence electrons. The summed E-state index contributed by atoms with van der Waals surface area (Å²) >= 11 is 11.8. The third kappa shape index (κ3) is 1.72. The summed E-state index contributed by atoms with van der Waals surface area (Å²) < 4.78 is 6.33. The zero-order chi connectivity index (χ0) is 10.1. The molecule has 0 amide bonds. The number of thiol groups is 1. The van der Waals surface area contributed by atoms with Gasteiger partial charge in [0.25, 0.3) is 0 Å². The van der Waals surface area contributed by atoms with E-state index in [2.05, 4.69) is 18.7 Å². The molecule has 0 aliphatic carbocycles. The van der Waals surface area contributed by atoms with Crippen molar-refractivity contribution in [3.05, 3.63) is 23.8 Å². The number of fused-ring (bicyclic) bond motifs is 1. The summed E-state index contributed by atoms with van der Waals surface area (Å²) in [5, 5.41) is 2.05. The standard InChI is InChI=1S/C10H9ClOS2/c1-12-9-4-7-2-6(5-11)3-8(13)10(7)14-9/h2-4,13H,5H2,1H3. The normalized spacial score (nSPS) is 10.8. The smallest absolute Gasteiger partial charge is 0.174 e. The molecule has 1 aromatic carbocycles. The molecule has 0 spiro atoms. The number of methoxy groups -OCH3 is 1. The molecule has 0 N–H and O–H groups in total. The van der Waals surface area contributed by atoms with Gasteiger partial charge in [-0.1, -0.05) is 11.3 Å². The summed E-state index contributed by atoms with van der Waals surface area (Å²) in [6.07, 6.45) is 0. The van der Waals surface area contributed by atoms with E-state index in [0.29, 0.717) is 5.88 Å². The van der Waals surface area contributed by atoms with Gasteiger partial charge in [0.15, 0.2) is 5.06 Å². The zero-order valence-electron chi connectivity index (χ0n) is 7.58. The minimum absolute atomic E-state index is 0.516. The lowest BCUT2D eigenvalue weighted by atomic mass is 10.2. The average molecular weight is 245 g/mol. The van der Waals surface area contributed by atoms with E-state index in [0.717, 1.165) is 25.6 Å². The van der Waals surface area contributed by atoms with Crippen LogP contribution in [0.1, 0.15) is 5.56 Å². The van der Waals surface area contributed by atoms with E-state index in [-0.39, 0.29) is 0 Å². The number of rotatable bonds is 2. The first-order valence-corrected chi connectivity index (χ1v) is 5.90. The molecule has 2 rings (SSSR count). The molecular weight excluding hydrogens is 236 g/mol. The van der Waals surface area contributed by atoms with Crippen LogP contribution in [0.3, 0.4) is 0 Å². The topological polar surface area (TPSA) is 9.23 Å². The Kier molecular flexibility index (Phi) is 2.91. The Balaban J connectivity index is 2.67. The van der Waals surface area contributed by atoms with Crippen LogP contribution in [-0.4, -0.2) is 7.11 Å². The highest BCUT2D eigenvalue weighted by Crippen LogP contribution is 2.36. The lowest BCUT2D eigenvalue weighted by Gasteiger charge is -1.98. The SMILES string of the molecule is COc1cc2cc(CCl)cc(S)c2s1. The van der Waals surface area contributed by atoms with Crippen LogP contribution in [-0.2, 0) is 5.88 Å². The third-order valence-corrected chi connectivity index (χ3v) is 3.95. The van der Waals surface area contributed by atoms with Crippen LogP contribution in [0.25, 0.3) is 10.1 Å². The fraction of sp³-hybridized carbons (Fsp3) is 0.200. The Morgan fingerprint density at radius 3 is 2.86 bits per heavy atom. The van der Waals surface area contributed by atoms with Crippen molar-refractivity contribution in [3.8, 4) is 5.06 Å². The van der Waals surface area contributed by atoms with Gasteiger partial charge in [-0.2, -0.15) is 0 Å². The highest BCUT2D eigenvalue weighted by atomic mass is 35.5. The predicted molar refractivity (Wildman–Crippen MR) is 65.2 cm³/mol. The van der Waals surface area contributed by atoms with Crippen molar-refractivity contribution in [2.75, 3.05) is 7.11 Å².